The quantitative estimate of drug-likeness (QED) is 0.719. The van der Waals surface area contributed by atoms with E-state index < -0.39 is 12.0 Å². The van der Waals surface area contributed by atoms with Gasteiger partial charge in [-0.3, -0.25) is 4.79 Å². The van der Waals surface area contributed by atoms with Crippen molar-refractivity contribution < 1.29 is 19.4 Å². The molecule has 1 heterocycles. The van der Waals surface area contributed by atoms with Gasteiger partial charge in [0.15, 0.2) is 6.04 Å². The van der Waals surface area contributed by atoms with Gasteiger partial charge in [0.2, 0.25) is 5.91 Å². The Bertz CT molecular complexity index is 311. The molecule has 1 N–H and O–H groups in total. The van der Waals surface area contributed by atoms with Crippen LogP contribution in [0, 0.1) is 0 Å². The molecule has 0 aromatic rings. The van der Waals surface area contributed by atoms with Gasteiger partial charge in [0, 0.05) is 12.1 Å². The number of carbonyl (C=O) groups is 2. The summed E-state index contributed by atoms with van der Waals surface area (Å²) in [5, 5.41) is 8.98. The first-order valence-corrected chi connectivity index (χ1v) is 5.36. The van der Waals surface area contributed by atoms with Crippen LogP contribution in [-0.4, -0.2) is 47.7 Å². The molecule has 0 bridgehead atoms. The van der Waals surface area contributed by atoms with E-state index in [1.807, 2.05) is 6.92 Å². The van der Waals surface area contributed by atoms with Crippen molar-refractivity contribution in [3.05, 3.63) is 11.6 Å². The minimum atomic E-state index is -1.02. The minimum absolute atomic E-state index is 0.0699. The van der Waals surface area contributed by atoms with Crippen molar-refractivity contribution in [2.75, 3.05) is 19.8 Å². The first-order valence-electron chi connectivity index (χ1n) is 5.36. The number of ether oxygens (including phenoxy) is 1. The van der Waals surface area contributed by atoms with Gasteiger partial charge in [-0.15, -0.1) is 0 Å². The standard InChI is InChI=1S/C11H17NO4/c1-3-4-8(2)10(13)12-5-6-16-7-9(12)11(14)15/h4,9H,3,5-7H2,1-2H3,(H,14,15). The topological polar surface area (TPSA) is 66.8 Å². The van der Waals surface area contributed by atoms with Crippen molar-refractivity contribution in [1.29, 1.82) is 0 Å². The van der Waals surface area contributed by atoms with E-state index in [4.69, 9.17) is 9.84 Å². The first-order chi connectivity index (χ1) is 7.57. The summed E-state index contributed by atoms with van der Waals surface area (Å²) in [6.45, 7) is 4.45. The molecule has 0 aromatic carbocycles. The summed E-state index contributed by atoms with van der Waals surface area (Å²) < 4.78 is 5.07. The van der Waals surface area contributed by atoms with E-state index in [-0.39, 0.29) is 12.5 Å². The van der Waals surface area contributed by atoms with Crippen molar-refractivity contribution >= 4 is 11.9 Å². The fourth-order valence-corrected chi connectivity index (χ4v) is 1.67. The summed E-state index contributed by atoms with van der Waals surface area (Å²) >= 11 is 0. The molecule has 0 aromatic heterocycles. The fourth-order valence-electron chi connectivity index (χ4n) is 1.67. The van der Waals surface area contributed by atoms with Gasteiger partial charge >= 0.3 is 5.97 Å². The molecule has 1 aliphatic rings. The van der Waals surface area contributed by atoms with E-state index in [2.05, 4.69) is 0 Å². The molecule has 0 radical (unpaired) electrons. The van der Waals surface area contributed by atoms with Crippen LogP contribution in [0.4, 0.5) is 0 Å². The van der Waals surface area contributed by atoms with Crippen molar-refractivity contribution in [2.24, 2.45) is 0 Å². The largest absolute Gasteiger partial charge is 0.480 e. The summed E-state index contributed by atoms with van der Waals surface area (Å²) in [4.78, 5) is 24.3. The number of hydrogen-bond acceptors (Lipinski definition) is 3. The number of carboxylic acids is 1. The molecule has 0 saturated carbocycles. The molecule has 1 unspecified atom stereocenters. The third-order valence-corrected chi connectivity index (χ3v) is 2.52. The Hall–Kier alpha value is -1.36. The monoisotopic (exact) mass is 227 g/mol. The number of carbonyl (C=O) groups excluding carboxylic acids is 1. The summed E-state index contributed by atoms with van der Waals surface area (Å²) in [6, 6.07) is -0.860. The normalized spacial score (nSPS) is 22.0. The third-order valence-electron chi connectivity index (χ3n) is 2.52. The maximum absolute atomic E-state index is 11.9. The highest BCUT2D eigenvalue weighted by molar-refractivity contribution is 5.95. The summed E-state index contributed by atoms with van der Waals surface area (Å²) in [5.74, 6) is -1.23. The first kappa shape index (κ1) is 12.7. The van der Waals surface area contributed by atoms with E-state index in [0.717, 1.165) is 6.42 Å². The van der Waals surface area contributed by atoms with Gasteiger partial charge in [0.05, 0.1) is 13.2 Å². The van der Waals surface area contributed by atoms with Gasteiger partial charge in [-0.1, -0.05) is 13.0 Å². The van der Waals surface area contributed by atoms with Crippen LogP contribution < -0.4 is 0 Å². The van der Waals surface area contributed by atoms with Gasteiger partial charge in [-0.05, 0) is 13.3 Å². The number of allylic oxidation sites excluding steroid dienone is 1. The Balaban J connectivity index is 2.79. The zero-order valence-corrected chi connectivity index (χ0v) is 9.60. The summed E-state index contributed by atoms with van der Waals surface area (Å²) in [7, 11) is 0. The van der Waals surface area contributed by atoms with Crippen LogP contribution in [-0.2, 0) is 14.3 Å². The molecular weight excluding hydrogens is 210 g/mol. The van der Waals surface area contributed by atoms with Crippen LogP contribution in [0.25, 0.3) is 0 Å². The van der Waals surface area contributed by atoms with Crippen LogP contribution in [0.1, 0.15) is 20.3 Å². The number of morpholine rings is 1. The second kappa shape index (κ2) is 5.65. The lowest BCUT2D eigenvalue weighted by molar-refractivity contribution is -0.156. The second-order valence-corrected chi connectivity index (χ2v) is 3.72. The van der Waals surface area contributed by atoms with Crippen LogP contribution in [0.15, 0.2) is 11.6 Å². The predicted molar refractivity (Wildman–Crippen MR) is 58.0 cm³/mol. The summed E-state index contributed by atoms with van der Waals surface area (Å²) in [6.07, 6.45) is 2.57. The molecule has 1 amide bonds. The van der Waals surface area contributed by atoms with Crippen molar-refractivity contribution in [2.45, 2.75) is 26.3 Å². The highest BCUT2D eigenvalue weighted by atomic mass is 16.5. The minimum Gasteiger partial charge on any atom is -0.480 e. The van der Waals surface area contributed by atoms with Crippen LogP contribution >= 0.6 is 0 Å². The molecule has 0 spiro atoms. The zero-order chi connectivity index (χ0) is 12.1. The molecule has 5 heteroatoms. The lowest BCUT2D eigenvalue weighted by Gasteiger charge is -2.33. The Labute approximate surface area is 94.7 Å². The van der Waals surface area contributed by atoms with Gasteiger partial charge in [0.1, 0.15) is 0 Å². The molecule has 1 aliphatic heterocycles. The van der Waals surface area contributed by atoms with Gasteiger partial charge < -0.3 is 14.7 Å². The van der Waals surface area contributed by atoms with Crippen molar-refractivity contribution in [3.63, 3.8) is 0 Å². The van der Waals surface area contributed by atoms with Gasteiger partial charge in [-0.2, -0.15) is 0 Å². The Morgan fingerprint density at radius 1 is 1.56 bits per heavy atom. The highest BCUT2D eigenvalue weighted by Crippen LogP contribution is 2.12. The highest BCUT2D eigenvalue weighted by Gasteiger charge is 2.32. The second-order valence-electron chi connectivity index (χ2n) is 3.72. The molecule has 1 rings (SSSR count). The maximum atomic E-state index is 11.9. The number of carboxylic acid groups (broad SMARTS) is 1. The van der Waals surface area contributed by atoms with Crippen LogP contribution in [0.5, 0.6) is 0 Å². The van der Waals surface area contributed by atoms with E-state index in [1.165, 1.54) is 4.90 Å². The fraction of sp³-hybridized carbons (Fsp3) is 0.636. The molecule has 1 atom stereocenters. The van der Waals surface area contributed by atoms with E-state index in [9.17, 15) is 9.59 Å². The molecule has 0 aliphatic carbocycles. The van der Waals surface area contributed by atoms with Crippen LogP contribution in [0.3, 0.4) is 0 Å². The molecule has 90 valence electrons. The Kier molecular flexibility index (Phi) is 4.49. The molecule has 16 heavy (non-hydrogen) atoms. The molecular formula is C11H17NO4. The maximum Gasteiger partial charge on any atom is 0.328 e. The lowest BCUT2D eigenvalue weighted by Crippen LogP contribution is -2.52. The smallest absolute Gasteiger partial charge is 0.328 e. The van der Waals surface area contributed by atoms with E-state index >= 15 is 0 Å². The summed E-state index contributed by atoms with van der Waals surface area (Å²) in [5.41, 5.74) is 0.593. The Morgan fingerprint density at radius 2 is 2.25 bits per heavy atom. The SMILES string of the molecule is CCC=C(C)C(=O)N1CCOCC1C(=O)O. The lowest BCUT2D eigenvalue weighted by atomic mass is 10.1. The molecule has 1 fully saturated rings. The molecule has 5 nitrogen and oxygen atoms in total. The number of nitrogens with zero attached hydrogens (tertiary/aromatic N) is 1. The number of hydrogen-bond donors (Lipinski definition) is 1. The van der Waals surface area contributed by atoms with E-state index in [0.29, 0.717) is 18.7 Å². The third kappa shape index (κ3) is 2.82. The predicted octanol–water partition coefficient (Wildman–Crippen LogP) is 0.655. The average molecular weight is 227 g/mol. The zero-order valence-electron chi connectivity index (χ0n) is 9.60. The average Bonchev–Trinajstić information content (AvgIpc) is 2.28. The van der Waals surface area contributed by atoms with Crippen molar-refractivity contribution in [3.8, 4) is 0 Å². The van der Waals surface area contributed by atoms with Crippen LogP contribution in [0.2, 0.25) is 0 Å². The number of aliphatic carboxylic acids is 1. The van der Waals surface area contributed by atoms with Gasteiger partial charge in [0.25, 0.3) is 0 Å². The van der Waals surface area contributed by atoms with Gasteiger partial charge in [-0.25, -0.2) is 4.79 Å². The van der Waals surface area contributed by atoms with E-state index in [1.54, 1.807) is 13.0 Å². The Morgan fingerprint density at radius 3 is 2.81 bits per heavy atom. The number of rotatable bonds is 3. The van der Waals surface area contributed by atoms with Crippen molar-refractivity contribution in [1.82, 2.24) is 4.90 Å². The molecule has 1 saturated heterocycles. The number of amides is 1.